The first kappa shape index (κ1) is 9.46. The number of rotatable bonds is 1. The second-order valence-corrected chi connectivity index (χ2v) is 3.84. The van der Waals surface area contributed by atoms with E-state index in [2.05, 4.69) is 0 Å². The third kappa shape index (κ3) is 1.58. The number of ketones is 1. The summed E-state index contributed by atoms with van der Waals surface area (Å²) in [4.78, 5) is 11.3. The number of hydrogen-bond acceptors (Lipinski definition) is 2. The van der Waals surface area contributed by atoms with E-state index >= 15 is 0 Å². The normalized spacial score (nSPS) is 30.8. The van der Waals surface area contributed by atoms with Gasteiger partial charge < -0.3 is 5.11 Å². The van der Waals surface area contributed by atoms with Crippen molar-refractivity contribution >= 4 is 5.78 Å². The van der Waals surface area contributed by atoms with Crippen molar-refractivity contribution in [2.45, 2.75) is 33.3 Å². The second-order valence-electron chi connectivity index (χ2n) is 3.84. The van der Waals surface area contributed by atoms with Crippen LogP contribution in [0, 0.1) is 11.8 Å². The lowest BCUT2D eigenvalue weighted by Gasteiger charge is -2.28. The molecule has 0 aromatic carbocycles. The van der Waals surface area contributed by atoms with Crippen molar-refractivity contribution in [3.63, 3.8) is 0 Å². The Kier molecular flexibility index (Phi) is 2.68. The van der Waals surface area contributed by atoms with E-state index in [0.29, 0.717) is 11.5 Å². The molecule has 1 aliphatic carbocycles. The lowest BCUT2D eigenvalue weighted by Crippen LogP contribution is -2.35. The van der Waals surface area contributed by atoms with Crippen LogP contribution in [-0.2, 0) is 4.79 Å². The van der Waals surface area contributed by atoms with Gasteiger partial charge in [-0.3, -0.25) is 4.79 Å². The molecule has 0 heterocycles. The maximum atomic E-state index is 11.3. The van der Waals surface area contributed by atoms with Crippen LogP contribution in [0.4, 0.5) is 0 Å². The number of Topliss-reactive ketones (excluding diaryl/α,β-unsaturated/α-hetero) is 1. The van der Waals surface area contributed by atoms with Gasteiger partial charge in [-0.05, 0) is 30.8 Å². The third-order valence-corrected chi connectivity index (χ3v) is 2.62. The highest BCUT2D eigenvalue weighted by Gasteiger charge is 2.31. The van der Waals surface area contributed by atoms with Gasteiger partial charge in [-0.25, -0.2) is 0 Å². The standard InChI is InChI=1S/C10H16O2/c1-6(2)8-5-4-7(3)9(11)10(8)12/h4,6,8,10,12H,5H2,1-3H3/t8-,10-/m0/s1. The van der Waals surface area contributed by atoms with Gasteiger partial charge in [0.15, 0.2) is 5.78 Å². The van der Waals surface area contributed by atoms with Crippen molar-refractivity contribution in [1.29, 1.82) is 0 Å². The Morgan fingerprint density at radius 3 is 2.67 bits per heavy atom. The van der Waals surface area contributed by atoms with Crippen molar-refractivity contribution in [2.24, 2.45) is 11.8 Å². The summed E-state index contributed by atoms with van der Waals surface area (Å²) < 4.78 is 0. The largest absolute Gasteiger partial charge is 0.385 e. The number of aliphatic hydroxyl groups is 1. The van der Waals surface area contributed by atoms with Crippen molar-refractivity contribution < 1.29 is 9.90 Å². The number of carbonyl (C=O) groups excluding carboxylic acids is 1. The fourth-order valence-electron chi connectivity index (χ4n) is 1.61. The second kappa shape index (κ2) is 3.40. The average Bonchev–Trinajstić information content (AvgIpc) is 2.00. The van der Waals surface area contributed by atoms with Crippen LogP contribution >= 0.6 is 0 Å². The zero-order valence-corrected chi connectivity index (χ0v) is 7.87. The topological polar surface area (TPSA) is 37.3 Å². The molecule has 0 aromatic rings. The number of allylic oxidation sites excluding steroid dienone is 1. The summed E-state index contributed by atoms with van der Waals surface area (Å²) >= 11 is 0. The minimum atomic E-state index is -0.769. The molecule has 0 radical (unpaired) electrons. The number of hydrogen-bond donors (Lipinski definition) is 1. The Morgan fingerprint density at radius 2 is 2.17 bits per heavy atom. The Bertz CT molecular complexity index is 216. The average molecular weight is 168 g/mol. The molecular weight excluding hydrogens is 152 g/mol. The minimum absolute atomic E-state index is 0.0973. The molecule has 0 saturated carbocycles. The van der Waals surface area contributed by atoms with Crippen LogP contribution in [0.1, 0.15) is 27.2 Å². The van der Waals surface area contributed by atoms with Crippen molar-refractivity contribution in [2.75, 3.05) is 0 Å². The fraction of sp³-hybridized carbons (Fsp3) is 0.700. The lowest BCUT2D eigenvalue weighted by molar-refractivity contribution is -0.127. The van der Waals surface area contributed by atoms with Gasteiger partial charge in [0.2, 0.25) is 0 Å². The zero-order valence-electron chi connectivity index (χ0n) is 7.87. The minimum Gasteiger partial charge on any atom is -0.385 e. The van der Waals surface area contributed by atoms with Crippen LogP contribution in [0.15, 0.2) is 11.6 Å². The van der Waals surface area contributed by atoms with E-state index in [9.17, 15) is 9.90 Å². The maximum absolute atomic E-state index is 11.3. The summed E-state index contributed by atoms with van der Waals surface area (Å²) in [6, 6.07) is 0. The highest BCUT2D eigenvalue weighted by molar-refractivity contribution is 5.99. The van der Waals surface area contributed by atoms with Crippen LogP contribution in [0.3, 0.4) is 0 Å². The zero-order chi connectivity index (χ0) is 9.30. The predicted molar refractivity (Wildman–Crippen MR) is 47.7 cm³/mol. The van der Waals surface area contributed by atoms with Gasteiger partial charge in [-0.15, -0.1) is 0 Å². The van der Waals surface area contributed by atoms with E-state index in [0.717, 1.165) is 6.42 Å². The van der Waals surface area contributed by atoms with E-state index in [1.165, 1.54) is 0 Å². The first-order valence-electron chi connectivity index (χ1n) is 4.43. The summed E-state index contributed by atoms with van der Waals surface area (Å²) in [6.45, 7) is 5.84. The molecule has 68 valence electrons. The molecule has 0 spiro atoms. The van der Waals surface area contributed by atoms with Crippen molar-refractivity contribution in [1.82, 2.24) is 0 Å². The molecule has 2 nitrogen and oxygen atoms in total. The van der Waals surface area contributed by atoms with E-state index in [1.807, 2.05) is 19.9 Å². The maximum Gasteiger partial charge on any atom is 0.186 e. The third-order valence-electron chi connectivity index (χ3n) is 2.62. The van der Waals surface area contributed by atoms with Crippen molar-refractivity contribution in [3.8, 4) is 0 Å². The quantitative estimate of drug-likeness (QED) is 0.644. The van der Waals surface area contributed by atoms with Crippen molar-refractivity contribution in [3.05, 3.63) is 11.6 Å². The van der Waals surface area contributed by atoms with Gasteiger partial charge in [0.25, 0.3) is 0 Å². The fourth-order valence-corrected chi connectivity index (χ4v) is 1.61. The molecule has 12 heavy (non-hydrogen) atoms. The molecule has 0 aliphatic heterocycles. The summed E-state index contributed by atoms with van der Waals surface area (Å²) in [7, 11) is 0. The molecule has 0 bridgehead atoms. The van der Waals surface area contributed by atoms with Crippen LogP contribution in [-0.4, -0.2) is 17.0 Å². The van der Waals surface area contributed by atoms with E-state index < -0.39 is 6.10 Å². The van der Waals surface area contributed by atoms with Crippen LogP contribution in [0.25, 0.3) is 0 Å². The van der Waals surface area contributed by atoms with Crippen LogP contribution < -0.4 is 0 Å². The Morgan fingerprint density at radius 1 is 1.58 bits per heavy atom. The molecule has 0 amide bonds. The monoisotopic (exact) mass is 168 g/mol. The number of carbonyl (C=O) groups is 1. The van der Waals surface area contributed by atoms with E-state index in [-0.39, 0.29) is 11.7 Å². The molecule has 1 rings (SSSR count). The Labute approximate surface area is 73.3 Å². The summed E-state index contributed by atoms with van der Waals surface area (Å²) in [5.41, 5.74) is 0.708. The van der Waals surface area contributed by atoms with Gasteiger partial charge in [0.1, 0.15) is 6.10 Å². The molecule has 1 aliphatic rings. The Balaban J connectivity index is 2.80. The molecule has 2 atom stereocenters. The SMILES string of the molecule is CC1=CC[C@@H](C(C)C)[C@H](O)C1=O. The van der Waals surface area contributed by atoms with Gasteiger partial charge in [0.05, 0.1) is 0 Å². The van der Waals surface area contributed by atoms with Crippen LogP contribution in [0.5, 0.6) is 0 Å². The molecule has 0 unspecified atom stereocenters. The van der Waals surface area contributed by atoms with Gasteiger partial charge in [0, 0.05) is 0 Å². The van der Waals surface area contributed by atoms with Gasteiger partial charge >= 0.3 is 0 Å². The van der Waals surface area contributed by atoms with E-state index in [4.69, 9.17) is 0 Å². The molecule has 0 saturated heterocycles. The summed E-state index contributed by atoms with van der Waals surface area (Å²) in [5, 5.41) is 9.59. The highest BCUT2D eigenvalue weighted by Crippen LogP contribution is 2.27. The molecular formula is C10H16O2. The van der Waals surface area contributed by atoms with Crippen LogP contribution in [0.2, 0.25) is 0 Å². The predicted octanol–water partition coefficient (Wildman–Crippen LogP) is 1.54. The summed E-state index contributed by atoms with van der Waals surface area (Å²) in [6.07, 6.45) is 1.99. The molecule has 2 heteroatoms. The highest BCUT2D eigenvalue weighted by atomic mass is 16.3. The molecule has 0 aromatic heterocycles. The van der Waals surface area contributed by atoms with E-state index in [1.54, 1.807) is 6.92 Å². The first-order valence-corrected chi connectivity index (χ1v) is 4.43. The summed E-state index contributed by atoms with van der Waals surface area (Å²) in [5.74, 6) is 0.384. The Hall–Kier alpha value is -0.630. The first-order chi connectivity index (χ1) is 5.54. The molecule has 1 N–H and O–H groups in total. The van der Waals surface area contributed by atoms with Gasteiger partial charge in [-0.1, -0.05) is 19.9 Å². The smallest absolute Gasteiger partial charge is 0.186 e. The van der Waals surface area contributed by atoms with Gasteiger partial charge in [-0.2, -0.15) is 0 Å². The number of aliphatic hydroxyl groups excluding tert-OH is 1. The lowest BCUT2D eigenvalue weighted by atomic mass is 9.80. The molecule has 0 fully saturated rings.